The third kappa shape index (κ3) is 3.32. The first-order valence-corrected chi connectivity index (χ1v) is 6.63. The third-order valence-corrected chi connectivity index (χ3v) is 3.40. The Labute approximate surface area is 114 Å². The van der Waals surface area contributed by atoms with E-state index >= 15 is 0 Å². The van der Waals surface area contributed by atoms with Crippen LogP contribution < -0.4 is 5.32 Å². The standard InChI is InChI=1S/C16H20N2O/c1-3-15(14-6-4-5-7-16(14)19)18-11-13-8-9-17-10-12(13)2/h4-10,15,18-19H,3,11H2,1-2H3. The van der Waals surface area contributed by atoms with Gasteiger partial charge in [-0.05, 0) is 36.6 Å². The molecule has 1 unspecified atom stereocenters. The monoisotopic (exact) mass is 256 g/mol. The minimum atomic E-state index is 0.161. The zero-order valence-electron chi connectivity index (χ0n) is 11.4. The number of aryl methyl sites for hydroxylation is 1. The van der Waals surface area contributed by atoms with Gasteiger partial charge >= 0.3 is 0 Å². The molecular formula is C16H20N2O. The van der Waals surface area contributed by atoms with E-state index in [0.29, 0.717) is 5.75 Å². The fraction of sp³-hybridized carbons (Fsp3) is 0.312. The molecule has 0 amide bonds. The first-order valence-electron chi connectivity index (χ1n) is 6.63. The van der Waals surface area contributed by atoms with Gasteiger partial charge in [-0.2, -0.15) is 0 Å². The van der Waals surface area contributed by atoms with Gasteiger partial charge in [-0.25, -0.2) is 0 Å². The van der Waals surface area contributed by atoms with Crippen LogP contribution in [0.2, 0.25) is 0 Å². The summed E-state index contributed by atoms with van der Waals surface area (Å²) in [6.07, 6.45) is 4.62. The minimum Gasteiger partial charge on any atom is -0.508 e. The lowest BCUT2D eigenvalue weighted by Crippen LogP contribution is -2.20. The number of nitrogens with zero attached hydrogens (tertiary/aromatic N) is 1. The molecule has 0 fully saturated rings. The van der Waals surface area contributed by atoms with E-state index in [-0.39, 0.29) is 6.04 Å². The van der Waals surface area contributed by atoms with Crippen LogP contribution in [0.15, 0.2) is 42.7 Å². The molecule has 0 saturated heterocycles. The zero-order valence-corrected chi connectivity index (χ0v) is 11.4. The number of aromatic hydroxyl groups is 1. The zero-order chi connectivity index (χ0) is 13.7. The lowest BCUT2D eigenvalue weighted by atomic mass is 10.0. The summed E-state index contributed by atoms with van der Waals surface area (Å²) in [5.74, 6) is 0.355. The van der Waals surface area contributed by atoms with E-state index in [4.69, 9.17) is 0 Å². The lowest BCUT2D eigenvalue weighted by Gasteiger charge is -2.19. The van der Waals surface area contributed by atoms with Crippen LogP contribution in [0.3, 0.4) is 0 Å². The molecule has 0 aliphatic rings. The molecule has 3 heteroatoms. The molecule has 0 aliphatic carbocycles. The smallest absolute Gasteiger partial charge is 0.120 e. The van der Waals surface area contributed by atoms with Gasteiger partial charge in [0.25, 0.3) is 0 Å². The molecule has 0 saturated carbocycles. The van der Waals surface area contributed by atoms with Crippen LogP contribution >= 0.6 is 0 Å². The summed E-state index contributed by atoms with van der Waals surface area (Å²) >= 11 is 0. The van der Waals surface area contributed by atoms with E-state index in [9.17, 15) is 5.11 Å². The number of pyridine rings is 1. The summed E-state index contributed by atoms with van der Waals surface area (Å²) in [5.41, 5.74) is 3.38. The van der Waals surface area contributed by atoms with Gasteiger partial charge in [-0.15, -0.1) is 0 Å². The number of hydrogen-bond donors (Lipinski definition) is 2. The van der Waals surface area contributed by atoms with Crippen molar-refractivity contribution in [2.75, 3.05) is 0 Å². The molecule has 1 aromatic carbocycles. The Hall–Kier alpha value is -1.87. The molecule has 0 radical (unpaired) electrons. The van der Waals surface area contributed by atoms with E-state index in [2.05, 4.69) is 24.1 Å². The summed E-state index contributed by atoms with van der Waals surface area (Å²) in [5, 5.41) is 13.4. The maximum absolute atomic E-state index is 9.91. The number of nitrogens with one attached hydrogen (secondary N) is 1. The van der Waals surface area contributed by atoms with Gasteiger partial charge in [0.2, 0.25) is 0 Å². The Kier molecular flexibility index (Phi) is 4.53. The minimum absolute atomic E-state index is 0.161. The summed E-state index contributed by atoms with van der Waals surface area (Å²) < 4.78 is 0. The highest BCUT2D eigenvalue weighted by Crippen LogP contribution is 2.26. The highest BCUT2D eigenvalue weighted by Gasteiger charge is 2.12. The largest absolute Gasteiger partial charge is 0.508 e. The summed E-state index contributed by atoms with van der Waals surface area (Å²) in [4.78, 5) is 4.10. The van der Waals surface area contributed by atoms with Crippen molar-refractivity contribution < 1.29 is 5.11 Å². The van der Waals surface area contributed by atoms with Crippen LogP contribution in [-0.4, -0.2) is 10.1 Å². The van der Waals surface area contributed by atoms with Crippen molar-refractivity contribution in [3.05, 3.63) is 59.4 Å². The molecule has 2 aromatic rings. The van der Waals surface area contributed by atoms with Gasteiger partial charge < -0.3 is 10.4 Å². The Morgan fingerprint density at radius 1 is 1.26 bits per heavy atom. The second-order valence-corrected chi connectivity index (χ2v) is 4.70. The Morgan fingerprint density at radius 2 is 2.05 bits per heavy atom. The van der Waals surface area contributed by atoms with Gasteiger partial charge in [0.05, 0.1) is 0 Å². The molecule has 19 heavy (non-hydrogen) atoms. The molecule has 1 aromatic heterocycles. The Morgan fingerprint density at radius 3 is 2.74 bits per heavy atom. The first-order chi connectivity index (χ1) is 9.22. The van der Waals surface area contributed by atoms with Crippen LogP contribution in [0, 0.1) is 6.92 Å². The number of aromatic nitrogens is 1. The van der Waals surface area contributed by atoms with Crippen molar-refractivity contribution in [3.63, 3.8) is 0 Å². The fourth-order valence-electron chi connectivity index (χ4n) is 2.19. The van der Waals surface area contributed by atoms with Gasteiger partial charge in [-0.3, -0.25) is 4.98 Å². The molecular weight excluding hydrogens is 236 g/mol. The predicted molar refractivity (Wildman–Crippen MR) is 77.0 cm³/mol. The second kappa shape index (κ2) is 6.34. The number of para-hydroxylation sites is 1. The molecule has 2 N–H and O–H groups in total. The van der Waals surface area contributed by atoms with E-state index in [1.165, 1.54) is 11.1 Å². The molecule has 1 heterocycles. The number of phenolic OH excluding ortho intramolecular Hbond substituents is 1. The van der Waals surface area contributed by atoms with Crippen molar-refractivity contribution in [2.24, 2.45) is 0 Å². The van der Waals surface area contributed by atoms with Crippen LogP contribution in [-0.2, 0) is 6.54 Å². The maximum Gasteiger partial charge on any atom is 0.120 e. The number of rotatable bonds is 5. The molecule has 0 bridgehead atoms. The SMILES string of the molecule is CCC(NCc1ccncc1C)c1ccccc1O. The molecule has 2 rings (SSSR count). The quantitative estimate of drug-likeness (QED) is 0.862. The fourth-order valence-corrected chi connectivity index (χ4v) is 2.19. The Bertz CT molecular complexity index is 540. The van der Waals surface area contributed by atoms with Crippen molar-refractivity contribution in [1.82, 2.24) is 10.3 Å². The molecule has 0 spiro atoms. The van der Waals surface area contributed by atoms with Crippen LogP contribution in [0.5, 0.6) is 5.75 Å². The molecule has 0 aliphatic heterocycles. The van der Waals surface area contributed by atoms with Gasteiger partial charge in [0.15, 0.2) is 0 Å². The van der Waals surface area contributed by atoms with Crippen molar-refractivity contribution >= 4 is 0 Å². The topological polar surface area (TPSA) is 45.2 Å². The predicted octanol–water partition coefficient (Wildman–Crippen LogP) is 3.34. The molecule has 3 nitrogen and oxygen atoms in total. The number of benzene rings is 1. The normalized spacial score (nSPS) is 12.3. The van der Waals surface area contributed by atoms with E-state index in [0.717, 1.165) is 18.5 Å². The van der Waals surface area contributed by atoms with E-state index in [1.54, 1.807) is 6.07 Å². The van der Waals surface area contributed by atoms with E-state index < -0.39 is 0 Å². The number of hydrogen-bond acceptors (Lipinski definition) is 3. The van der Waals surface area contributed by atoms with Crippen molar-refractivity contribution in [2.45, 2.75) is 32.9 Å². The van der Waals surface area contributed by atoms with Crippen molar-refractivity contribution in [1.29, 1.82) is 0 Å². The molecule has 1 atom stereocenters. The van der Waals surface area contributed by atoms with Crippen molar-refractivity contribution in [3.8, 4) is 5.75 Å². The summed E-state index contributed by atoms with van der Waals surface area (Å²) in [7, 11) is 0. The highest BCUT2D eigenvalue weighted by atomic mass is 16.3. The number of phenols is 1. The first kappa shape index (κ1) is 13.6. The lowest BCUT2D eigenvalue weighted by molar-refractivity contribution is 0.440. The maximum atomic E-state index is 9.91. The van der Waals surface area contributed by atoms with Crippen LogP contribution in [0.4, 0.5) is 0 Å². The third-order valence-electron chi connectivity index (χ3n) is 3.40. The van der Waals surface area contributed by atoms with E-state index in [1.807, 2.05) is 36.7 Å². The van der Waals surface area contributed by atoms with Gasteiger partial charge in [0.1, 0.15) is 5.75 Å². The average molecular weight is 256 g/mol. The van der Waals surface area contributed by atoms with Crippen LogP contribution in [0.25, 0.3) is 0 Å². The van der Waals surface area contributed by atoms with Gasteiger partial charge in [-0.1, -0.05) is 25.1 Å². The average Bonchev–Trinajstić information content (AvgIpc) is 2.43. The van der Waals surface area contributed by atoms with Crippen LogP contribution in [0.1, 0.15) is 36.1 Å². The second-order valence-electron chi connectivity index (χ2n) is 4.70. The summed E-state index contributed by atoms with van der Waals surface area (Å²) in [6, 6.07) is 9.69. The molecule has 100 valence electrons. The summed E-state index contributed by atoms with van der Waals surface area (Å²) in [6.45, 7) is 4.95. The highest BCUT2D eigenvalue weighted by molar-refractivity contribution is 5.34. The van der Waals surface area contributed by atoms with Gasteiger partial charge in [0, 0.05) is 30.5 Å². The Balaban J connectivity index is 2.09.